The summed E-state index contributed by atoms with van der Waals surface area (Å²) in [6.45, 7) is 6.42. The van der Waals surface area contributed by atoms with E-state index in [-0.39, 0.29) is 0 Å². The van der Waals surface area contributed by atoms with Gasteiger partial charge in [0.1, 0.15) is 18.9 Å². The molecule has 1 aromatic carbocycles. The molecular weight excluding hydrogens is 276 g/mol. The molecule has 1 heterocycles. The van der Waals surface area contributed by atoms with E-state index in [4.69, 9.17) is 0 Å². The SMILES string of the molecule is CCCn1cc[n+](Cc2ccc(Br)cc2)c1C. The van der Waals surface area contributed by atoms with Gasteiger partial charge in [0.15, 0.2) is 0 Å². The lowest BCUT2D eigenvalue weighted by molar-refractivity contribution is -0.694. The van der Waals surface area contributed by atoms with Crippen LogP contribution in [0.15, 0.2) is 41.1 Å². The number of hydrogen-bond donors (Lipinski definition) is 0. The fourth-order valence-corrected chi connectivity index (χ4v) is 2.24. The van der Waals surface area contributed by atoms with Gasteiger partial charge in [-0.1, -0.05) is 35.0 Å². The van der Waals surface area contributed by atoms with Crippen molar-refractivity contribution in [3.63, 3.8) is 0 Å². The van der Waals surface area contributed by atoms with Crippen molar-refractivity contribution in [2.45, 2.75) is 33.4 Å². The van der Waals surface area contributed by atoms with Crippen molar-refractivity contribution in [1.82, 2.24) is 4.57 Å². The van der Waals surface area contributed by atoms with Gasteiger partial charge in [-0.05, 0) is 24.1 Å². The van der Waals surface area contributed by atoms with Gasteiger partial charge in [-0.3, -0.25) is 0 Å². The van der Waals surface area contributed by atoms with Gasteiger partial charge >= 0.3 is 0 Å². The molecular formula is C14H18BrN2+. The molecule has 0 radical (unpaired) electrons. The summed E-state index contributed by atoms with van der Waals surface area (Å²) in [5.41, 5.74) is 1.33. The summed E-state index contributed by atoms with van der Waals surface area (Å²) in [6.07, 6.45) is 5.50. The maximum atomic E-state index is 3.46. The van der Waals surface area contributed by atoms with Gasteiger partial charge in [0.25, 0.3) is 5.82 Å². The minimum atomic E-state index is 0.940. The van der Waals surface area contributed by atoms with E-state index < -0.39 is 0 Å². The van der Waals surface area contributed by atoms with E-state index in [1.807, 2.05) is 0 Å². The molecule has 0 aliphatic carbocycles. The van der Waals surface area contributed by atoms with E-state index in [9.17, 15) is 0 Å². The number of rotatable bonds is 4. The van der Waals surface area contributed by atoms with Crippen molar-refractivity contribution in [1.29, 1.82) is 0 Å². The quantitative estimate of drug-likeness (QED) is 0.765. The molecule has 0 saturated heterocycles. The normalized spacial score (nSPS) is 10.8. The van der Waals surface area contributed by atoms with Crippen LogP contribution in [0.5, 0.6) is 0 Å². The Morgan fingerprint density at radius 2 is 1.94 bits per heavy atom. The van der Waals surface area contributed by atoms with Crippen molar-refractivity contribution in [3.05, 3.63) is 52.5 Å². The molecule has 2 rings (SSSR count). The van der Waals surface area contributed by atoms with Crippen molar-refractivity contribution < 1.29 is 4.57 Å². The second kappa shape index (κ2) is 5.50. The molecule has 0 fully saturated rings. The van der Waals surface area contributed by atoms with Gasteiger partial charge in [0.05, 0.1) is 6.54 Å². The van der Waals surface area contributed by atoms with Crippen LogP contribution < -0.4 is 4.57 Å². The molecule has 0 aliphatic heterocycles. The molecule has 17 heavy (non-hydrogen) atoms. The molecule has 0 saturated carbocycles. The van der Waals surface area contributed by atoms with E-state index in [1.54, 1.807) is 0 Å². The Morgan fingerprint density at radius 3 is 2.59 bits per heavy atom. The molecule has 1 aromatic heterocycles. The largest absolute Gasteiger partial charge is 0.253 e. The molecule has 0 amide bonds. The first-order valence-electron chi connectivity index (χ1n) is 6.00. The third-order valence-electron chi connectivity index (χ3n) is 2.99. The van der Waals surface area contributed by atoms with E-state index in [2.05, 4.69) is 75.6 Å². The second-order valence-corrected chi connectivity index (χ2v) is 5.21. The first-order valence-corrected chi connectivity index (χ1v) is 6.79. The maximum Gasteiger partial charge on any atom is 0.253 e. The summed E-state index contributed by atoms with van der Waals surface area (Å²) in [6, 6.07) is 8.50. The van der Waals surface area contributed by atoms with Crippen molar-refractivity contribution in [3.8, 4) is 0 Å². The Morgan fingerprint density at radius 1 is 1.24 bits per heavy atom. The van der Waals surface area contributed by atoms with Crippen LogP contribution in [-0.2, 0) is 13.1 Å². The van der Waals surface area contributed by atoms with Crippen molar-refractivity contribution in [2.75, 3.05) is 0 Å². The maximum absolute atomic E-state index is 3.46. The summed E-state index contributed by atoms with van der Waals surface area (Å²) >= 11 is 3.46. The predicted molar refractivity (Wildman–Crippen MR) is 72.9 cm³/mol. The highest BCUT2D eigenvalue weighted by atomic mass is 79.9. The average molecular weight is 294 g/mol. The van der Waals surface area contributed by atoms with Crippen LogP contribution in [0.2, 0.25) is 0 Å². The number of benzene rings is 1. The molecule has 0 atom stereocenters. The zero-order chi connectivity index (χ0) is 12.3. The molecule has 0 spiro atoms. The number of halogens is 1. The zero-order valence-corrected chi connectivity index (χ0v) is 11.9. The molecule has 0 bridgehead atoms. The molecule has 90 valence electrons. The fraction of sp³-hybridized carbons (Fsp3) is 0.357. The van der Waals surface area contributed by atoms with Gasteiger partial charge in [-0.25, -0.2) is 9.13 Å². The number of imidazole rings is 1. The summed E-state index contributed by atoms with van der Waals surface area (Å²) in [5.74, 6) is 1.31. The average Bonchev–Trinajstić information content (AvgIpc) is 2.65. The van der Waals surface area contributed by atoms with E-state index in [0.717, 1.165) is 17.6 Å². The third-order valence-corrected chi connectivity index (χ3v) is 3.52. The van der Waals surface area contributed by atoms with Crippen LogP contribution in [0.25, 0.3) is 0 Å². The lowest BCUT2D eigenvalue weighted by atomic mass is 10.2. The fourth-order valence-electron chi connectivity index (χ4n) is 1.97. The number of aromatic nitrogens is 2. The van der Waals surface area contributed by atoms with E-state index in [1.165, 1.54) is 17.8 Å². The topological polar surface area (TPSA) is 8.81 Å². The molecule has 0 unspecified atom stereocenters. The van der Waals surface area contributed by atoms with Crippen LogP contribution >= 0.6 is 15.9 Å². The van der Waals surface area contributed by atoms with Crippen molar-refractivity contribution >= 4 is 15.9 Å². The minimum Gasteiger partial charge on any atom is -0.234 e. The van der Waals surface area contributed by atoms with Crippen LogP contribution in [0.4, 0.5) is 0 Å². The Kier molecular flexibility index (Phi) is 4.00. The van der Waals surface area contributed by atoms with Crippen LogP contribution in [0.1, 0.15) is 24.7 Å². The summed E-state index contributed by atoms with van der Waals surface area (Å²) < 4.78 is 5.73. The highest BCUT2D eigenvalue weighted by Gasteiger charge is 2.11. The number of aryl methyl sites for hydroxylation is 1. The molecule has 2 aromatic rings. The first kappa shape index (κ1) is 12.4. The zero-order valence-electron chi connectivity index (χ0n) is 10.4. The third kappa shape index (κ3) is 2.97. The smallest absolute Gasteiger partial charge is 0.234 e. The van der Waals surface area contributed by atoms with E-state index in [0.29, 0.717) is 0 Å². The summed E-state index contributed by atoms with van der Waals surface area (Å²) in [7, 11) is 0. The molecule has 0 aliphatic rings. The predicted octanol–water partition coefficient (Wildman–Crippen LogP) is 3.30. The Labute approximate surface area is 111 Å². The Balaban J connectivity index is 2.16. The van der Waals surface area contributed by atoms with Crippen LogP contribution in [-0.4, -0.2) is 4.57 Å². The lowest BCUT2D eigenvalue weighted by Crippen LogP contribution is -2.36. The second-order valence-electron chi connectivity index (χ2n) is 4.29. The number of hydrogen-bond acceptors (Lipinski definition) is 0. The van der Waals surface area contributed by atoms with Gasteiger partial charge in [-0.15, -0.1) is 0 Å². The monoisotopic (exact) mass is 293 g/mol. The Hall–Kier alpha value is -1.09. The van der Waals surface area contributed by atoms with Gasteiger partial charge in [0.2, 0.25) is 0 Å². The van der Waals surface area contributed by atoms with Gasteiger partial charge < -0.3 is 0 Å². The lowest BCUT2D eigenvalue weighted by Gasteiger charge is -2.01. The Bertz CT molecular complexity index is 485. The summed E-state index contributed by atoms with van der Waals surface area (Å²) in [5, 5.41) is 0. The molecule has 0 N–H and O–H groups in total. The van der Waals surface area contributed by atoms with Crippen LogP contribution in [0.3, 0.4) is 0 Å². The molecule has 2 nitrogen and oxygen atoms in total. The minimum absolute atomic E-state index is 0.940. The molecule has 3 heteroatoms. The highest BCUT2D eigenvalue weighted by Crippen LogP contribution is 2.10. The van der Waals surface area contributed by atoms with Gasteiger partial charge in [-0.2, -0.15) is 0 Å². The first-order chi connectivity index (χ1) is 8.20. The highest BCUT2D eigenvalue weighted by molar-refractivity contribution is 9.10. The van der Waals surface area contributed by atoms with Crippen LogP contribution in [0, 0.1) is 6.92 Å². The number of nitrogens with zero attached hydrogens (tertiary/aromatic N) is 2. The van der Waals surface area contributed by atoms with Crippen molar-refractivity contribution in [2.24, 2.45) is 0 Å². The standard InChI is InChI=1S/C14H18BrN2/c1-3-8-16-9-10-17(12(16)2)11-13-4-6-14(15)7-5-13/h4-7,9-10H,3,8,11H2,1-2H3/q+1. The van der Waals surface area contributed by atoms with Gasteiger partial charge in [0, 0.05) is 11.4 Å². The summed E-state index contributed by atoms with van der Waals surface area (Å²) in [4.78, 5) is 0. The van der Waals surface area contributed by atoms with E-state index >= 15 is 0 Å².